The monoisotopic (exact) mass is 380 g/mol. The van der Waals surface area contributed by atoms with Crippen LogP contribution in [0.1, 0.15) is 24.4 Å². The summed E-state index contributed by atoms with van der Waals surface area (Å²) in [6, 6.07) is 2.94. The number of methoxy groups -OCH3 is 1. The van der Waals surface area contributed by atoms with Gasteiger partial charge in [-0.1, -0.05) is 0 Å². The smallest absolute Gasteiger partial charge is 0.375 e. The summed E-state index contributed by atoms with van der Waals surface area (Å²) in [5.41, 5.74) is 0.248. The first kappa shape index (κ1) is 18.6. The first-order valence-corrected chi connectivity index (χ1v) is 7.76. The number of ether oxygens (including phenoxy) is 1. The Morgan fingerprint density at radius 3 is 2.70 bits per heavy atom. The summed E-state index contributed by atoms with van der Waals surface area (Å²) in [5.74, 6) is 0. The summed E-state index contributed by atoms with van der Waals surface area (Å²) < 4.78 is 45.0. The number of halogens is 3. The molecule has 3 aromatic rings. The first-order valence-electron chi connectivity index (χ1n) is 7.76. The highest BCUT2D eigenvalue weighted by Gasteiger charge is 2.32. The number of nitrogens with one attached hydrogen (secondary N) is 2. The van der Waals surface area contributed by atoms with E-state index in [4.69, 9.17) is 4.74 Å². The zero-order valence-electron chi connectivity index (χ0n) is 14.3. The van der Waals surface area contributed by atoms with Crippen LogP contribution in [0.4, 0.5) is 29.3 Å². The van der Waals surface area contributed by atoms with Crippen LogP contribution < -0.4 is 10.6 Å². The molecule has 0 bridgehead atoms. The third kappa shape index (κ3) is 3.97. The number of carbonyl (C=O) groups excluding carboxylic acids is 1. The second kappa shape index (κ2) is 7.19. The second-order valence-corrected chi connectivity index (χ2v) is 5.54. The lowest BCUT2D eigenvalue weighted by molar-refractivity contribution is -0.141. The molecule has 0 saturated carbocycles. The van der Waals surface area contributed by atoms with Gasteiger partial charge >= 0.3 is 12.2 Å². The normalized spacial score (nSPS) is 12.8. The summed E-state index contributed by atoms with van der Waals surface area (Å²) in [6.45, 7) is 1.76. The van der Waals surface area contributed by atoms with Crippen molar-refractivity contribution >= 4 is 23.1 Å². The van der Waals surface area contributed by atoms with Crippen molar-refractivity contribution in [1.82, 2.24) is 19.6 Å². The number of hydrogen-bond donors (Lipinski definition) is 2. The Morgan fingerprint density at radius 2 is 2.00 bits per heavy atom. The van der Waals surface area contributed by atoms with Crippen LogP contribution in [0.5, 0.6) is 0 Å². The van der Waals surface area contributed by atoms with Crippen LogP contribution in [0.2, 0.25) is 0 Å². The third-order valence-electron chi connectivity index (χ3n) is 3.75. The van der Waals surface area contributed by atoms with Gasteiger partial charge in [-0.3, -0.25) is 4.98 Å². The number of carbonyl (C=O) groups is 1. The molecule has 1 atom stereocenters. The van der Waals surface area contributed by atoms with Crippen molar-refractivity contribution in [2.75, 3.05) is 17.7 Å². The predicted octanol–water partition coefficient (Wildman–Crippen LogP) is 3.49. The highest BCUT2D eigenvalue weighted by Crippen LogP contribution is 2.29. The number of rotatable bonds is 4. The van der Waals surface area contributed by atoms with Crippen LogP contribution >= 0.6 is 0 Å². The molecule has 0 fully saturated rings. The van der Waals surface area contributed by atoms with E-state index in [0.29, 0.717) is 17.0 Å². The molecule has 2 N–H and O–H groups in total. The van der Waals surface area contributed by atoms with Gasteiger partial charge in [0.1, 0.15) is 5.69 Å². The topological polar surface area (TPSA) is 93.4 Å². The number of pyridine rings is 1. The molecule has 0 radical (unpaired) electrons. The molecule has 3 rings (SSSR count). The van der Waals surface area contributed by atoms with Gasteiger partial charge in [-0.15, -0.1) is 0 Å². The Morgan fingerprint density at radius 1 is 1.22 bits per heavy atom. The molecule has 3 aromatic heterocycles. The van der Waals surface area contributed by atoms with Gasteiger partial charge in [0, 0.05) is 25.1 Å². The Balaban J connectivity index is 1.84. The number of aromatic nitrogens is 4. The van der Waals surface area contributed by atoms with Gasteiger partial charge in [0.25, 0.3) is 0 Å². The maximum atomic E-state index is 12.7. The molecule has 0 aliphatic carbocycles. The van der Waals surface area contributed by atoms with Gasteiger partial charge in [0.05, 0.1) is 29.9 Å². The molecule has 0 aliphatic rings. The van der Waals surface area contributed by atoms with E-state index < -0.39 is 24.0 Å². The van der Waals surface area contributed by atoms with E-state index in [1.54, 1.807) is 19.2 Å². The standard InChI is InChI=1S/C16H15F3N6O2/c1-9(27-2)14-11(8-21-13-4-6-22-25(13)14)24-15(26)23-10-3-5-20-12(7-10)16(17,18)19/h3-9H,1-2H3,(H2,20,23,24,26)/t9-/m0/s1. The molecule has 0 aliphatic heterocycles. The molecule has 11 heteroatoms. The molecule has 3 heterocycles. The maximum absolute atomic E-state index is 12.7. The summed E-state index contributed by atoms with van der Waals surface area (Å²) in [5, 5.41) is 9.05. The molecule has 0 unspecified atom stereocenters. The van der Waals surface area contributed by atoms with Crippen LogP contribution in [0.3, 0.4) is 0 Å². The minimum Gasteiger partial charge on any atom is -0.375 e. The first-order chi connectivity index (χ1) is 12.8. The van der Waals surface area contributed by atoms with Gasteiger partial charge in [-0.25, -0.2) is 14.3 Å². The second-order valence-electron chi connectivity index (χ2n) is 5.54. The molecule has 142 valence electrons. The largest absolute Gasteiger partial charge is 0.433 e. The lowest BCUT2D eigenvalue weighted by Gasteiger charge is -2.17. The average molecular weight is 380 g/mol. The van der Waals surface area contributed by atoms with Gasteiger partial charge < -0.3 is 15.4 Å². The highest BCUT2D eigenvalue weighted by atomic mass is 19.4. The number of urea groups is 1. The number of amides is 2. The number of alkyl halides is 3. The Labute approximate surface area is 151 Å². The lowest BCUT2D eigenvalue weighted by atomic mass is 10.2. The van der Waals surface area contributed by atoms with E-state index in [0.717, 1.165) is 12.3 Å². The van der Waals surface area contributed by atoms with Gasteiger partial charge in [-0.2, -0.15) is 18.3 Å². The fraction of sp³-hybridized carbons (Fsp3) is 0.250. The Kier molecular flexibility index (Phi) is 4.95. The molecular weight excluding hydrogens is 365 g/mol. The molecule has 0 saturated heterocycles. The van der Waals surface area contributed by atoms with Crippen molar-refractivity contribution in [1.29, 1.82) is 0 Å². The minimum atomic E-state index is -4.61. The van der Waals surface area contributed by atoms with Crippen molar-refractivity contribution in [2.24, 2.45) is 0 Å². The van der Waals surface area contributed by atoms with Crippen molar-refractivity contribution in [3.63, 3.8) is 0 Å². The number of anilines is 2. The lowest BCUT2D eigenvalue weighted by Crippen LogP contribution is -2.22. The van der Waals surface area contributed by atoms with E-state index in [2.05, 4.69) is 25.7 Å². The highest BCUT2D eigenvalue weighted by molar-refractivity contribution is 6.00. The molecule has 8 nitrogen and oxygen atoms in total. The van der Waals surface area contributed by atoms with Gasteiger partial charge in [-0.05, 0) is 19.1 Å². The number of fused-ring (bicyclic) bond motifs is 1. The van der Waals surface area contributed by atoms with E-state index in [-0.39, 0.29) is 5.69 Å². The SMILES string of the molecule is CO[C@@H](C)c1c(NC(=O)Nc2ccnc(C(F)(F)F)c2)cnc2ccnn12. The predicted molar refractivity (Wildman–Crippen MR) is 90.3 cm³/mol. The summed E-state index contributed by atoms with van der Waals surface area (Å²) in [4.78, 5) is 19.7. The van der Waals surface area contributed by atoms with Crippen LogP contribution in [0, 0.1) is 0 Å². The van der Waals surface area contributed by atoms with Crippen molar-refractivity contribution in [3.8, 4) is 0 Å². The minimum absolute atomic E-state index is 0.0516. The third-order valence-corrected chi connectivity index (χ3v) is 3.75. The van der Waals surface area contributed by atoms with Crippen LogP contribution in [0.15, 0.2) is 36.8 Å². The fourth-order valence-corrected chi connectivity index (χ4v) is 2.44. The molecule has 27 heavy (non-hydrogen) atoms. The summed E-state index contributed by atoms with van der Waals surface area (Å²) in [6.07, 6.45) is -1.09. The molecular formula is C16H15F3N6O2. The van der Waals surface area contributed by atoms with Crippen molar-refractivity contribution in [3.05, 3.63) is 48.2 Å². The van der Waals surface area contributed by atoms with Crippen LogP contribution in [0.25, 0.3) is 5.65 Å². The molecule has 2 amide bonds. The zero-order chi connectivity index (χ0) is 19.6. The van der Waals surface area contributed by atoms with Gasteiger partial charge in [0.15, 0.2) is 5.65 Å². The van der Waals surface area contributed by atoms with E-state index in [1.165, 1.54) is 23.9 Å². The molecule has 0 aromatic carbocycles. The summed E-state index contributed by atoms with van der Waals surface area (Å²) >= 11 is 0. The van der Waals surface area contributed by atoms with E-state index in [1.807, 2.05) is 0 Å². The Hall–Kier alpha value is -3.21. The average Bonchev–Trinajstić information content (AvgIpc) is 3.09. The van der Waals surface area contributed by atoms with E-state index in [9.17, 15) is 18.0 Å². The molecule has 0 spiro atoms. The number of hydrogen-bond acceptors (Lipinski definition) is 5. The fourth-order valence-electron chi connectivity index (χ4n) is 2.44. The number of nitrogens with zero attached hydrogens (tertiary/aromatic N) is 4. The van der Waals surface area contributed by atoms with Crippen LogP contribution in [-0.2, 0) is 10.9 Å². The van der Waals surface area contributed by atoms with E-state index >= 15 is 0 Å². The van der Waals surface area contributed by atoms with Crippen LogP contribution in [-0.4, -0.2) is 32.7 Å². The Bertz CT molecular complexity index is 972. The zero-order valence-corrected chi connectivity index (χ0v) is 14.3. The quantitative estimate of drug-likeness (QED) is 0.723. The van der Waals surface area contributed by atoms with Gasteiger partial charge in [0.2, 0.25) is 0 Å². The van der Waals surface area contributed by atoms with Crippen molar-refractivity contribution < 1.29 is 22.7 Å². The van der Waals surface area contributed by atoms with Crippen molar-refractivity contribution in [2.45, 2.75) is 19.2 Å². The maximum Gasteiger partial charge on any atom is 0.433 e. The summed E-state index contributed by atoms with van der Waals surface area (Å²) in [7, 11) is 1.50.